The van der Waals surface area contributed by atoms with Crippen LogP contribution in [0.15, 0.2) is 18.5 Å². The first kappa shape index (κ1) is 11.4. The average Bonchev–Trinajstić information content (AvgIpc) is 3.09. The van der Waals surface area contributed by atoms with E-state index in [2.05, 4.69) is 10.3 Å². The summed E-state index contributed by atoms with van der Waals surface area (Å²) in [5.74, 6) is -1.90. The van der Waals surface area contributed by atoms with Crippen molar-refractivity contribution < 1.29 is 19.8 Å². The molecular formula is C11H12N2O4. The molecule has 0 aromatic carbocycles. The summed E-state index contributed by atoms with van der Waals surface area (Å²) < 4.78 is 0. The zero-order valence-corrected chi connectivity index (χ0v) is 8.96. The molecule has 0 radical (unpaired) electrons. The van der Waals surface area contributed by atoms with Crippen molar-refractivity contribution in [3.63, 3.8) is 0 Å². The molecule has 0 spiro atoms. The Hall–Kier alpha value is -2.11. The van der Waals surface area contributed by atoms with E-state index in [1.807, 2.05) is 0 Å². The van der Waals surface area contributed by atoms with Gasteiger partial charge in [0.05, 0.1) is 11.8 Å². The minimum absolute atomic E-state index is 0.000398. The average molecular weight is 236 g/mol. The summed E-state index contributed by atoms with van der Waals surface area (Å²) in [5, 5.41) is 20.8. The first-order chi connectivity index (χ1) is 8.09. The highest BCUT2D eigenvalue weighted by Crippen LogP contribution is 2.33. The fraction of sp³-hybridized carbons (Fsp3) is 0.364. The number of carbonyl (C=O) groups excluding carboxylic acids is 1. The lowest BCUT2D eigenvalue weighted by Crippen LogP contribution is -2.42. The third-order valence-corrected chi connectivity index (χ3v) is 2.69. The van der Waals surface area contributed by atoms with E-state index in [0.29, 0.717) is 0 Å². The van der Waals surface area contributed by atoms with E-state index < -0.39 is 17.9 Å². The lowest BCUT2D eigenvalue weighted by Gasteiger charge is -2.13. The number of aromatic hydroxyl groups is 1. The summed E-state index contributed by atoms with van der Waals surface area (Å²) in [4.78, 5) is 26.3. The number of carboxylic acids is 1. The number of nitrogens with one attached hydrogen (secondary N) is 1. The minimum Gasteiger partial charge on any atom is -0.505 e. The Bertz CT molecular complexity index is 457. The molecule has 6 nitrogen and oxygen atoms in total. The highest BCUT2D eigenvalue weighted by atomic mass is 16.4. The summed E-state index contributed by atoms with van der Waals surface area (Å²) in [6.45, 7) is 0. The molecule has 1 heterocycles. The Kier molecular flexibility index (Phi) is 2.95. The van der Waals surface area contributed by atoms with Gasteiger partial charge < -0.3 is 15.5 Å². The molecule has 17 heavy (non-hydrogen) atoms. The molecule has 1 atom stereocenters. The first-order valence-corrected chi connectivity index (χ1v) is 5.26. The van der Waals surface area contributed by atoms with Gasteiger partial charge in [-0.05, 0) is 24.8 Å². The van der Waals surface area contributed by atoms with E-state index in [1.54, 1.807) is 0 Å². The molecule has 0 aliphatic heterocycles. The molecule has 90 valence electrons. The van der Waals surface area contributed by atoms with Crippen molar-refractivity contribution in [2.24, 2.45) is 5.92 Å². The fourth-order valence-corrected chi connectivity index (χ4v) is 1.61. The molecule has 1 aliphatic carbocycles. The Balaban J connectivity index is 2.10. The van der Waals surface area contributed by atoms with Crippen LogP contribution in [0.2, 0.25) is 0 Å². The van der Waals surface area contributed by atoms with Crippen molar-refractivity contribution in [2.45, 2.75) is 18.9 Å². The highest BCUT2D eigenvalue weighted by Gasteiger charge is 2.37. The third-order valence-electron chi connectivity index (χ3n) is 2.69. The van der Waals surface area contributed by atoms with Crippen molar-refractivity contribution in [1.29, 1.82) is 0 Å². The van der Waals surface area contributed by atoms with Gasteiger partial charge in [-0.1, -0.05) is 0 Å². The lowest BCUT2D eigenvalue weighted by atomic mass is 10.1. The van der Waals surface area contributed by atoms with Gasteiger partial charge in [0.2, 0.25) is 0 Å². The topological polar surface area (TPSA) is 99.5 Å². The standard InChI is InChI=1S/C11H12N2O4/c14-8-5-12-4-3-7(8)10(15)13-9(11(16)17)6-1-2-6/h3-6,9,14H,1-2H2,(H,13,15)(H,16,17). The number of rotatable bonds is 4. The SMILES string of the molecule is O=C(NC(C(=O)O)C1CC1)c1ccncc1O. The number of carbonyl (C=O) groups is 2. The van der Waals surface area contributed by atoms with Crippen molar-refractivity contribution in [3.05, 3.63) is 24.0 Å². The van der Waals surface area contributed by atoms with Gasteiger partial charge in [0.1, 0.15) is 11.8 Å². The van der Waals surface area contributed by atoms with Crippen LogP contribution in [-0.4, -0.2) is 33.1 Å². The van der Waals surface area contributed by atoms with Gasteiger partial charge in [0.25, 0.3) is 5.91 Å². The fourth-order valence-electron chi connectivity index (χ4n) is 1.61. The maximum absolute atomic E-state index is 11.8. The summed E-state index contributed by atoms with van der Waals surface area (Å²) in [7, 11) is 0. The molecule has 1 saturated carbocycles. The molecule has 1 amide bonds. The summed E-state index contributed by atoms with van der Waals surface area (Å²) in [6, 6.07) is 0.464. The second-order valence-electron chi connectivity index (χ2n) is 4.02. The lowest BCUT2D eigenvalue weighted by molar-refractivity contribution is -0.139. The zero-order chi connectivity index (χ0) is 12.4. The van der Waals surface area contributed by atoms with E-state index in [9.17, 15) is 14.7 Å². The molecule has 0 bridgehead atoms. The summed E-state index contributed by atoms with van der Waals surface area (Å²) in [6.07, 6.45) is 4.11. The van der Waals surface area contributed by atoms with Crippen LogP contribution < -0.4 is 5.32 Å². The van der Waals surface area contributed by atoms with Gasteiger partial charge in [0, 0.05) is 6.20 Å². The number of amides is 1. The van der Waals surface area contributed by atoms with Gasteiger partial charge in [-0.3, -0.25) is 9.78 Å². The van der Waals surface area contributed by atoms with E-state index in [-0.39, 0.29) is 17.2 Å². The number of hydrogen-bond donors (Lipinski definition) is 3. The molecule has 1 aromatic heterocycles. The van der Waals surface area contributed by atoms with Crippen LogP contribution >= 0.6 is 0 Å². The van der Waals surface area contributed by atoms with Gasteiger partial charge in [-0.25, -0.2) is 4.79 Å². The molecule has 2 rings (SSSR count). The molecule has 1 aromatic rings. The maximum Gasteiger partial charge on any atom is 0.326 e. The van der Waals surface area contributed by atoms with Gasteiger partial charge in [-0.2, -0.15) is 0 Å². The molecule has 3 N–H and O–H groups in total. The van der Waals surface area contributed by atoms with Crippen molar-refractivity contribution in [3.8, 4) is 5.75 Å². The van der Waals surface area contributed by atoms with Crippen LogP contribution in [0, 0.1) is 5.92 Å². The van der Waals surface area contributed by atoms with Crippen molar-refractivity contribution in [2.75, 3.05) is 0 Å². The van der Waals surface area contributed by atoms with Gasteiger partial charge in [-0.15, -0.1) is 0 Å². The van der Waals surface area contributed by atoms with E-state index >= 15 is 0 Å². The number of carboxylic acid groups (broad SMARTS) is 1. The van der Waals surface area contributed by atoms with Crippen molar-refractivity contribution >= 4 is 11.9 Å². The van der Waals surface area contributed by atoms with Crippen LogP contribution in [0.5, 0.6) is 5.75 Å². The Morgan fingerprint density at radius 1 is 1.47 bits per heavy atom. The zero-order valence-electron chi connectivity index (χ0n) is 8.96. The predicted molar refractivity (Wildman–Crippen MR) is 57.5 cm³/mol. The molecule has 1 fully saturated rings. The molecular weight excluding hydrogens is 224 g/mol. The van der Waals surface area contributed by atoms with Crippen LogP contribution in [0.4, 0.5) is 0 Å². The molecule has 6 heteroatoms. The quantitative estimate of drug-likeness (QED) is 0.701. The smallest absolute Gasteiger partial charge is 0.326 e. The highest BCUT2D eigenvalue weighted by molar-refractivity contribution is 5.98. The largest absolute Gasteiger partial charge is 0.505 e. The summed E-state index contributed by atoms with van der Waals surface area (Å²) in [5.41, 5.74) is 0.0342. The number of pyridine rings is 1. The number of hydrogen-bond acceptors (Lipinski definition) is 4. The molecule has 1 aliphatic rings. The monoisotopic (exact) mass is 236 g/mol. The second-order valence-corrected chi connectivity index (χ2v) is 4.02. The van der Waals surface area contributed by atoms with Crippen LogP contribution in [-0.2, 0) is 4.79 Å². The molecule has 0 saturated heterocycles. The minimum atomic E-state index is -1.05. The van der Waals surface area contributed by atoms with E-state index in [1.165, 1.54) is 12.3 Å². The molecule has 1 unspecified atom stereocenters. The third kappa shape index (κ3) is 2.52. The Morgan fingerprint density at radius 2 is 2.18 bits per heavy atom. The van der Waals surface area contributed by atoms with Gasteiger partial charge in [0.15, 0.2) is 0 Å². The van der Waals surface area contributed by atoms with E-state index in [4.69, 9.17) is 5.11 Å². The number of aromatic nitrogens is 1. The first-order valence-electron chi connectivity index (χ1n) is 5.26. The number of nitrogens with zero attached hydrogens (tertiary/aromatic N) is 1. The van der Waals surface area contributed by atoms with E-state index in [0.717, 1.165) is 19.0 Å². The van der Waals surface area contributed by atoms with Crippen molar-refractivity contribution in [1.82, 2.24) is 10.3 Å². The number of aliphatic carboxylic acids is 1. The summed E-state index contributed by atoms with van der Waals surface area (Å²) >= 11 is 0. The Labute approximate surface area is 97.3 Å². The maximum atomic E-state index is 11.8. The normalized spacial score (nSPS) is 16.2. The second kappa shape index (κ2) is 4.40. The Morgan fingerprint density at radius 3 is 2.71 bits per heavy atom. The van der Waals surface area contributed by atoms with Crippen LogP contribution in [0.1, 0.15) is 23.2 Å². The predicted octanol–water partition coefficient (Wildman–Crippen LogP) is 0.380. The van der Waals surface area contributed by atoms with Crippen LogP contribution in [0.25, 0.3) is 0 Å². The van der Waals surface area contributed by atoms with Gasteiger partial charge >= 0.3 is 5.97 Å². The van der Waals surface area contributed by atoms with Crippen LogP contribution in [0.3, 0.4) is 0 Å².